The van der Waals surface area contributed by atoms with Crippen molar-refractivity contribution in [2.45, 2.75) is 189 Å². The highest BCUT2D eigenvalue weighted by atomic mass is 16.5. The number of carbonyl (C=O) groups is 3. The minimum atomic E-state index is -0.515. The Morgan fingerprint density at radius 1 is 0.304 bits per heavy atom. The van der Waals surface area contributed by atoms with Crippen LogP contribution in [0.15, 0.2) is 78.9 Å². The number of esters is 1. The molecule has 7 rings (SSSR count). The van der Waals surface area contributed by atoms with Crippen LogP contribution >= 0.6 is 0 Å². The van der Waals surface area contributed by atoms with E-state index >= 15 is 0 Å². The molecule has 10 heteroatoms. The molecule has 0 N–H and O–H groups in total. The van der Waals surface area contributed by atoms with Crippen LogP contribution in [0.3, 0.4) is 0 Å². The second kappa shape index (κ2) is 32.7. The summed E-state index contributed by atoms with van der Waals surface area (Å²) in [5, 5.41) is 6.28. The van der Waals surface area contributed by atoms with E-state index < -0.39 is 5.97 Å². The number of ether oxygens (including phenoxy) is 7. The molecular weight excluding hydrogens is 989 g/mol. The molecule has 0 bridgehead atoms. The summed E-state index contributed by atoms with van der Waals surface area (Å²) >= 11 is 0. The van der Waals surface area contributed by atoms with E-state index in [2.05, 4.69) is 71.0 Å². The van der Waals surface area contributed by atoms with Crippen LogP contribution < -0.4 is 28.4 Å². The average Bonchev–Trinajstić information content (AvgIpc) is 3.66. The predicted octanol–water partition coefficient (Wildman–Crippen LogP) is 18.5. The summed E-state index contributed by atoms with van der Waals surface area (Å²) in [5.74, 6) is 3.45. The zero-order valence-electron chi connectivity index (χ0n) is 48.5. The van der Waals surface area contributed by atoms with Crippen molar-refractivity contribution < 1.29 is 47.5 Å². The second-order valence-corrected chi connectivity index (χ2v) is 21.4. The van der Waals surface area contributed by atoms with Gasteiger partial charge in [0.05, 0.1) is 51.8 Å². The molecule has 79 heavy (non-hydrogen) atoms. The van der Waals surface area contributed by atoms with Gasteiger partial charge in [-0.2, -0.15) is 0 Å². The number of unbranched alkanes of at least 4 members (excludes halogenated alkanes) is 18. The molecule has 0 amide bonds. The molecule has 0 unspecified atom stereocenters. The van der Waals surface area contributed by atoms with Gasteiger partial charge >= 0.3 is 5.97 Å². The van der Waals surface area contributed by atoms with Gasteiger partial charge in [-0.05, 0) is 145 Å². The van der Waals surface area contributed by atoms with E-state index in [1.54, 1.807) is 36.4 Å². The highest BCUT2D eigenvalue weighted by Crippen LogP contribution is 2.47. The van der Waals surface area contributed by atoms with Gasteiger partial charge in [-0.15, -0.1) is 0 Å². The number of benzene rings is 6. The fourth-order valence-corrected chi connectivity index (χ4v) is 10.5. The van der Waals surface area contributed by atoms with Crippen LogP contribution in [0.5, 0.6) is 34.5 Å². The molecule has 0 spiro atoms. The molecule has 0 fully saturated rings. The first-order valence-electron chi connectivity index (χ1n) is 30.6. The Morgan fingerprint density at radius 2 is 0.570 bits per heavy atom. The molecule has 0 saturated carbocycles. The van der Waals surface area contributed by atoms with Crippen molar-refractivity contribution in [1.82, 2.24) is 0 Å². The van der Waals surface area contributed by atoms with Gasteiger partial charge in [-0.25, -0.2) is 4.79 Å². The van der Waals surface area contributed by atoms with Gasteiger partial charge in [0.25, 0.3) is 0 Å². The summed E-state index contributed by atoms with van der Waals surface area (Å²) in [6, 6.07) is 24.5. The summed E-state index contributed by atoms with van der Waals surface area (Å²) in [6.07, 6.45) is 25.3. The van der Waals surface area contributed by atoms with Gasteiger partial charge < -0.3 is 33.2 Å². The number of fused-ring (bicyclic) bond motifs is 8. The molecule has 6 aromatic carbocycles. The first kappa shape index (κ1) is 60.4. The third-order valence-corrected chi connectivity index (χ3v) is 15.1. The van der Waals surface area contributed by atoms with E-state index in [4.69, 9.17) is 33.2 Å². The lowest BCUT2D eigenvalue weighted by molar-refractivity contribution is 0.0497. The molecule has 0 radical (unpaired) electrons. The summed E-state index contributed by atoms with van der Waals surface area (Å²) in [7, 11) is 0. The third-order valence-electron chi connectivity index (χ3n) is 15.1. The van der Waals surface area contributed by atoms with Gasteiger partial charge in [-0.1, -0.05) is 155 Å². The lowest BCUT2D eigenvalue weighted by Gasteiger charge is -2.21. The molecule has 0 aromatic heterocycles. The minimum Gasteiger partial charge on any atom is -0.490 e. The van der Waals surface area contributed by atoms with Gasteiger partial charge in [0.15, 0.2) is 46.1 Å². The number of hydrogen-bond donors (Lipinski definition) is 0. The number of rotatable bonds is 39. The highest BCUT2D eigenvalue weighted by molar-refractivity contribution is 6.29. The second-order valence-electron chi connectivity index (χ2n) is 21.4. The summed E-state index contributed by atoms with van der Waals surface area (Å²) in [4.78, 5) is 39.5. The summed E-state index contributed by atoms with van der Waals surface area (Å²) in [5.41, 5.74) is 1.52. The monoisotopic (exact) mass is 1080 g/mol. The largest absolute Gasteiger partial charge is 0.490 e. The molecule has 0 saturated heterocycles. The van der Waals surface area contributed by atoms with E-state index in [9.17, 15) is 14.4 Å². The van der Waals surface area contributed by atoms with Crippen LogP contribution in [0.1, 0.15) is 231 Å². The quantitative estimate of drug-likeness (QED) is 0.0210. The van der Waals surface area contributed by atoms with E-state index in [1.165, 1.54) is 38.2 Å². The van der Waals surface area contributed by atoms with E-state index in [-0.39, 0.29) is 29.3 Å². The molecule has 426 valence electrons. The third kappa shape index (κ3) is 16.9. The Kier molecular flexibility index (Phi) is 25.0. The molecule has 0 heterocycles. The normalized spacial score (nSPS) is 12.0. The molecular formula is C69H90O10. The SMILES string of the molecule is CCCCCCOc1cc2c3cc(OCCCCCC)c(OCCCCCC)cc3c3cc(OCCCCCCOC(=O)c4ccc5c(c4)C(=O)c4ccccc4C5=O)c(OCCCCCC)cc3c2cc1OCCCCCC. The number of carbonyl (C=O) groups excluding carboxylic acids is 3. The Morgan fingerprint density at radius 3 is 0.873 bits per heavy atom. The maximum atomic E-state index is 13.3. The predicted molar refractivity (Wildman–Crippen MR) is 321 cm³/mol. The topological polar surface area (TPSA) is 116 Å². The summed E-state index contributed by atoms with van der Waals surface area (Å²) in [6.45, 7) is 14.9. The number of ketones is 2. The van der Waals surface area contributed by atoms with E-state index in [0.717, 1.165) is 171 Å². The molecule has 1 aliphatic rings. The summed E-state index contributed by atoms with van der Waals surface area (Å²) < 4.78 is 45.9. The number of hydrogen-bond acceptors (Lipinski definition) is 10. The smallest absolute Gasteiger partial charge is 0.338 e. The lowest BCUT2D eigenvalue weighted by atomic mass is 9.83. The van der Waals surface area contributed by atoms with E-state index in [1.807, 2.05) is 0 Å². The van der Waals surface area contributed by atoms with Gasteiger partial charge in [0.2, 0.25) is 0 Å². The zero-order chi connectivity index (χ0) is 55.6. The average molecular weight is 1080 g/mol. The molecule has 1 aliphatic carbocycles. The van der Waals surface area contributed by atoms with Crippen molar-refractivity contribution in [2.75, 3.05) is 46.2 Å². The van der Waals surface area contributed by atoms with Crippen LogP contribution in [0.4, 0.5) is 0 Å². The van der Waals surface area contributed by atoms with Crippen molar-refractivity contribution in [3.8, 4) is 34.5 Å². The van der Waals surface area contributed by atoms with Crippen molar-refractivity contribution in [3.05, 3.63) is 107 Å². The Bertz CT molecular complexity index is 2850. The highest BCUT2D eigenvalue weighted by Gasteiger charge is 2.30. The van der Waals surface area contributed by atoms with Crippen molar-refractivity contribution in [3.63, 3.8) is 0 Å². The van der Waals surface area contributed by atoms with E-state index in [0.29, 0.717) is 74.3 Å². The zero-order valence-corrected chi connectivity index (χ0v) is 48.5. The fraction of sp³-hybridized carbons (Fsp3) is 0.522. The molecule has 10 nitrogen and oxygen atoms in total. The van der Waals surface area contributed by atoms with Crippen molar-refractivity contribution in [1.29, 1.82) is 0 Å². The van der Waals surface area contributed by atoms with Crippen LogP contribution in [0.2, 0.25) is 0 Å². The molecule has 6 aromatic rings. The van der Waals surface area contributed by atoms with Gasteiger partial charge in [-0.3, -0.25) is 9.59 Å². The van der Waals surface area contributed by atoms with Crippen LogP contribution in [-0.2, 0) is 4.74 Å². The van der Waals surface area contributed by atoms with Crippen LogP contribution in [-0.4, -0.2) is 63.8 Å². The van der Waals surface area contributed by atoms with Crippen LogP contribution in [0.25, 0.3) is 32.3 Å². The fourth-order valence-electron chi connectivity index (χ4n) is 10.5. The lowest BCUT2D eigenvalue weighted by Crippen LogP contribution is -2.21. The maximum Gasteiger partial charge on any atom is 0.338 e. The van der Waals surface area contributed by atoms with Gasteiger partial charge in [0, 0.05) is 22.3 Å². The standard InChI is InChI=1S/C69H90O10/c1-6-11-16-25-36-73-61-44-54-55-45-62(74-37-26-17-12-7-2)64(76-39-28-19-14-9-4)47-57(55)59-49-66(65(77-40-29-20-15-10-5)48-58(59)56(54)46-63(61)75-38-27-18-13-8-3)78-41-30-21-22-31-42-79-69(72)50-34-35-53-60(43-50)68(71)52-33-24-23-32-51(52)67(53)70/h23-24,32-35,43-49H,6-22,25-31,36-42H2,1-5H3. The molecule has 0 atom stereocenters. The van der Waals surface area contributed by atoms with Crippen molar-refractivity contribution in [2.24, 2.45) is 0 Å². The van der Waals surface area contributed by atoms with Crippen molar-refractivity contribution >= 4 is 49.9 Å². The van der Waals surface area contributed by atoms with Gasteiger partial charge in [0.1, 0.15) is 0 Å². The minimum absolute atomic E-state index is 0.219. The first-order valence-corrected chi connectivity index (χ1v) is 30.6. The Hall–Kier alpha value is -6.29. The Labute approximate surface area is 471 Å². The van der Waals surface area contributed by atoms with Crippen LogP contribution in [0, 0.1) is 0 Å². The molecule has 0 aliphatic heterocycles. The first-order chi connectivity index (χ1) is 38.8. The Balaban J connectivity index is 1.16. The maximum absolute atomic E-state index is 13.3.